The number of rotatable bonds is 6. The van der Waals surface area contributed by atoms with Crippen LogP contribution in [0.4, 0.5) is 29.5 Å². The molecule has 12 heteroatoms. The molecule has 37 heavy (non-hydrogen) atoms. The molecule has 1 aliphatic heterocycles. The second-order valence-electron chi connectivity index (χ2n) is 8.60. The Morgan fingerprint density at radius 2 is 1.81 bits per heavy atom. The van der Waals surface area contributed by atoms with E-state index in [-0.39, 0.29) is 18.1 Å². The van der Waals surface area contributed by atoms with Gasteiger partial charge >= 0.3 is 12.4 Å². The van der Waals surface area contributed by atoms with Crippen molar-refractivity contribution in [3.8, 4) is 5.75 Å². The van der Waals surface area contributed by atoms with Crippen LogP contribution in [0.1, 0.15) is 28.8 Å². The van der Waals surface area contributed by atoms with E-state index in [1.54, 1.807) is 30.3 Å². The van der Waals surface area contributed by atoms with Crippen LogP contribution < -0.4 is 15.0 Å². The first-order chi connectivity index (χ1) is 17.6. The lowest BCUT2D eigenvalue weighted by molar-refractivity contribution is -0.274. The Balaban J connectivity index is 1.33. The summed E-state index contributed by atoms with van der Waals surface area (Å²) in [5.74, 6) is -1.06. The lowest BCUT2D eigenvalue weighted by atomic mass is 10.2. The Kier molecular flexibility index (Phi) is 6.03. The van der Waals surface area contributed by atoms with E-state index in [0.717, 1.165) is 17.0 Å². The van der Waals surface area contributed by atoms with E-state index in [1.807, 2.05) is 0 Å². The molecule has 190 valence electrons. The average Bonchev–Trinajstić information content (AvgIpc) is 3.61. The zero-order chi connectivity index (χ0) is 26.4. The predicted octanol–water partition coefficient (Wildman–Crippen LogP) is 5.39. The molecular weight excluding hydrogens is 513 g/mol. The Labute approximate surface area is 213 Å². The number of urea groups is 1. The molecule has 1 N–H and O–H groups in total. The maximum Gasteiger partial charge on any atom is 0.573 e. The standard InChI is InChI=1S/C25H18ClF3N4O4/c26-17-3-1-2-16(13-17)21(34)31-20-12-15(8-11-30-20)14-32-23(36)33(22(35)24(32)9-10-24)18-4-6-19(7-5-18)37-25(27,28)29/h1-8,11-13H,9-10,14H2,(H,30,31,34). The Bertz CT molecular complexity index is 1390. The van der Waals surface area contributed by atoms with Crippen LogP contribution in [0, 0.1) is 0 Å². The number of nitrogens with zero attached hydrogens (tertiary/aromatic N) is 3. The highest BCUT2D eigenvalue weighted by Gasteiger charge is 2.65. The molecule has 2 heterocycles. The van der Waals surface area contributed by atoms with Crippen molar-refractivity contribution in [2.24, 2.45) is 0 Å². The fourth-order valence-electron chi connectivity index (χ4n) is 4.20. The first-order valence-corrected chi connectivity index (χ1v) is 11.5. The van der Waals surface area contributed by atoms with Crippen molar-refractivity contribution >= 4 is 41.0 Å². The van der Waals surface area contributed by atoms with Crippen LogP contribution in [-0.4, -0.2) is 39.6 Å². The average molecular weight is 531 g/mol. The second-order valence-corrected chi connectivity index (χ2v) is 9.03. The van der Waals surface area contributed by atoms with E-state index in [0.29, 0.717) is 29.0 Å². The van der Waals surface area contributed by atoms with Gasteiger partial charge in [0, 0.05) is 23.3 Å². The van der Waals surface area contributed by atoms with Gasteiger partial charge < -0.3 is 15.0 Å². The maximum absolute atomic E-state index is 13.3. The summed E-state index contributed by atoms with van der Waals surface area (Å²) >= 11 is 5.94. The molecule has 2 fully saturated rings. The zero-order valence-corrected chi connectivity index (χ0v) is 19.7. The first kappa shape index (κ1) is 24.6. The van der Waals surface area contributed by atoms with Gasteiger partial charge in [-0.25, -0.2) is 14.7 Å². The summed E-state index contributed by atoms with van der Waals surface area (Å²) in [7, 11) is 0. The number of hydrogen-bond acceptors (Lipinski definition) is 5. The number of halogens is 4. The molecule has 2 aromatic carbocycles. The Morgan fingerprint density at radius 3 is 2.46 bits per heavy atom. The number of ether oxygens (including phenoxy) is 1. The number of imide groups is 1. The highest BCUT2D eigenvalue weighted by molar-refractivity contribution is 6.31. The van der Waals surface area contributed by atoms with E-state index in [2.05, 4.69) is 15.0 Å². The summed E-state index contributed by atoms with van der Waals surface area (Å²) < 4.78 is 41.2. The monoisotopic (exact) mass is 530 g/mol. The largest absolute Gasteiger partial charge is 0.573 e. The van der Waals surface area contributed by atoms with Gasteiger partial charge in [0.25, 0.3) is 11.8 Å². The fraction of sp³-hybridized carbons (Fsp3) is 0.200. The van der Waals surface area contributed by atoms with Crippen LogP contribution in [0.5, 0.6) is 5.75 Å². The van der Waals surface area contributed by atoms with E-state index >= 15 is 0 Å². The molecule has 0 unspecified atom stereocenters. The number of anilines is 2. The molecule has 1 saturated heterocycles. The highest BCUT2D eigenvalue weighted by Crippen LogP contribution is 2.49. The number of aromatic nitrogens is 1. The molecule has 3 aromatic rings. The third-order valence-electron chi connectivity index (χ3n) is 6.09. The number of nitrogens with one attached hydrogen (secondary N) is 1. The number of carbonyl (C=O) groups excluding carboxylic acids is 3. The van der Waals surface area contributed by atoms with E-state index in [4.69, 9.17) is 11.6 Å². The van der Waals surface area contributed by atoms with Crippen molar-refractivity contribution in [1.82, 2.24) is 9.88 Å². The molecule has 1 spiro atoms. The Morgan fingerprint density at radius 1 is 1.08 bits per heavy atom. The molecule has 2 aliphatic rings. The second kappa shape index (κ2) is 9.07. The number of amides is 4. The van der Waals surface area contributed by atoms with Crippen LogP contribution >= 0.6 is 11.6 Å². The summed E-state index contributed by atoms with van der Waals surface area (Å²) in [6, 6.07) is 13.6. The van der Waals surface area contributed by atoms with Crippen molar-refractivity contribution in [2.45, 2.75) is 31.3 Å². The van der Waals surface area contributed by atoms with Gasteiger partial charge in [-0.1, -0.05) is 17.7 Å². The van der Waals surface area contributed by atoms with Crippen molar-refractivity contribution in [1.29, 1.82) is 0 Å². The SMILES string of the molecule is O=C(Nc1cc(CN2C(=O)N(c3ccc(OC(F)(F)F)cc3)C(=O)C23CC3)ccn1)c1cccc(Cl)c1. The molecule has 1 aromatic heterocycles. The number of benzene rings is 2. The predicted molar refractivity (Wildman–Crippen MR) is 127 cm³/mol. The van der Waals surface area contributed by atoms with Gasteiger partial charge in [-0.15, -0.1) is 13.2 Å². The van der Waals surface area contributed by atoms with Gasteiger partial charge in [-0.05, 0) is 73.0 Å². The van der Waals surface area contributed by atoms with Gasteiger partial charge in [-0.3, -0.25) is 9.59 Å². The van der Waals surface area contributed by atoms with E-state index in [1.165, 1.54) is 29.3 Å². The maximum atomic E-state index is 13.3. The number of pyridine rings is 1. The minimum atomic E-state index is -4.85. The smallest absolute Gasteiger partial charge is 0.406 e. The van der Waals surface area contributed by atoms with Gasteiger partial charge in [0.2, 0.25) is 0 Å². The van der Waals surface area contributed by atoms with Gasteiger partial charge in [-0.2, -0.15) is 0 Å². The summed E-state index contributed by atoms with van der Waals surface area (Å²) in [4.78, 5) is 45.6. The summed E-state index contributed by atoms with van der Waals surface area (Å²) in [5.41, 5.74) is 0.104. The summed E-state index contributed by atoms with van der Waals surface area (Å²) in [5, 5.41) is 3.09. The third-order valence-corrected chi connectivity index (χ3v) is 6.32. The van der Waals surface area contributed by atoms with E-state index < -0.39 is 35.5 Å². The lowest BCUT2D eigenvalue weighted by Crippen LogP contribution is -2.36. The van der Waals surface area contributed by atoms with Crippen LogP contribution in [0.2, 0.25) is 5.02 Å². The van der Waals surface area contributed by atoms with Gasteiger partial charge in [0.1, 0.15) is 17.1 Å². The quantitative estimate of drug-likeness (QED) is 0.432. The van der Waals surface area contributed by atoms with Crippen molar-refractivity contribution in [2.75, 3.05) is 10.2 Å². The molecule has 0 atom stereocenters. The first-order valence-electron chi connectivity index (χ1n) is 11.1. The molecule has 8 nitrogen and oxygen atoms in total. The van der Waals surface area contributed by atoms with Crippen LogP contribution in [0.3, 0.4) is 0 Å². The normalized spacial score (nSPS) is 16.3. The Hall–Kier alpha value is -4.12. The van der Waals surface area contributed by atoms with E-state index in [9.17, 15) is 27.6 Å². The molecule has 1 saturated carbocycles. The molecule has 4 amide bonds. The molecule has 0 radical (unpaired) electrons. The van der Waals surface area contributed by atoms with Crippen molar-refractivity contribution < 1.29 is 32.3 Å². The molecular formula is C25H18ClF3N4O4. The highest BCUT2D eigenvalue weighted by atomic mass is 35.5. The van der Waals surface area contributed by atoms with Crippen LogP contribution in [0.15, 0.2) is 66.9 Å². The zero-order valence-electron chi connectivity index (χ0n) is 19.0. The number of alkyl halides is 3. The van der Waals surface area contributed by atoms with Gasteiger partial charge in [0.15, 0.2) is 0 Å². The summed E-state index contributed by atoms with van der Waals surface area (Å²) in [6.07, 6.45) is -2.45. The summed E-state index contributed by atoms with van der Waals surface area (Å²) in [6.45, 7) is 0.0684. The van der Waals surface area contributed by atoms with Crippen molar-refractivity contribution in [3.63, 3.8) is 0 Å². The third kappa shape index (κ3) is 4.94. The minimum absolute atomic E-state index is 0.0684. The molecule has 0 bridgehead atoms. The lowest BCUT2D eigenvalue weighted by Gasteiger charge is -2.21. The number of carbonyl (C=O) groups is 3. The topological polar surface area (TPSA) is 91.8 Å². The van der Waals surface area contributed by atoms with Crippen molar-refractivity contribution in [3.05, 3.63) is 83.0 Å². The van der Waals surface area contributed by atoms with Crippen LogP contribution in [0.25, 0.3) is 0 Å². The van der Waals surface area contributed by atoms with Crippen LogP contribution in [-0.2, 0) is 11.3 Å². The minimum Gasteiger partial charge on any atom is -0.406 e. The molecule has 5 rings (SSSR count). The van der Waals surface area contributed by atoms with Gasteiger partial charge in [0.05, 0.1) is 5.69 Å². The number of hydrogen-bond donors (Lipinski definition) is 1. The molecule has 1 aliphatic carbocycles. The fourth-order valence-corrected chi connectivity index (χ4v) is 4.39.